The van der Waals surface area contributed by atoms with Gasteiger partial charge in [-0.1, -0.05) is 35.6 Å². The number of hydrogen-bond donors (Lipinski definition) is 1. The van der Waals surface area contributed by atoms with E-state index in [0.717, 1.165) is 23.6 Å². The summed E-state index contributed by atoms with van der Waals surface area (Å²) < 4.78 is 18.0. The summed E-state index contributed by atoms with van der Waals surface area (Å²) in [6.45, 7) is 3.08. The van der Waals surface area contributed by atoms with Crippen LogP contribution in [0.4, 0.5) is 0 Å². The molecule has 10 heteroatoms. The van der Waals surface area contributed by atoms with E-state index in [2.05, 4.69) is 10.1 Å². The number of carbonyl (C=O) groups is 1. The molecule has 172 valence electrons. The van der Waals surface area contributed by atoms with Crippen LogP contribution in [0.25, 0.3) is 22.4 Å². The molecule has 0 aliphatic heterocycles. The summed E-state index contributed by atoms with van der Waals surface area (Å²) in [5, 5.41) is 11.8. The van der Waals surface area contributed by atoms with Gasteiger partial charge in [0.1, 0.15) is 0 Å². The van der Waals surface area contributed by atoms with Gasteiger partial charge in [0.15, 0.2) is 17.3 Å². The molecule has 1 N–H and O–H groups in total. The minimum absolute atomic E-state index is 0.217. The zero-order valence-electron chi connectivity index (χ0n) is 18.8. The average Bonchev–Trinajstić information content (AvgIpc) is 3.32. The number of benzene rings is 2. The Kier molecular flexibility index (Phi) is 7.29. The van der Waals surface area contributed by atoms with Crippen molar-refractivity contribution in [3.05, 3.63) is 62.4 Å². The number of nitrogens with zero attached hydrogens (tertiary/aromatic N) is 3. The third-order valence-electron chi connectivity index (χ3n) is 4.55. The maximum Gasteiger partial charge on any atom is 0.300 e. The summed E-state index contributed by atoms with van der Waals surface area (Å²) in [5.74, 6) is 1.25. The topological polar surface area (TPSA) is 112 Å². The number of carboxylic acids is 1. The summed E-state index contributed by atoms with van der Waals surface area (Å²) in [4.78, 5) is 26.9. The van der Waals surface area contributed by atoms with Crippen molar-refractivity contribution in [2.75, 3.05) is 21.3 Å². The first-order valence-corrected chi connectivity index (χ1v) is 10.6. The SMILES string of the molecule is CC(=O)O.COc1cc(/C=c2\sc3nc(-c4ccccc4C)nn3c2=O)cc(OC)c1OC. The van der Waals surface area contributed by atoms with Crippen LogP contribution in [0.1, 0.15) is 18.1 Å². The molecule has 2 heterocycles. The largest absolute Gasteiger partial charge is 0.493 e. The molecule has 0 unspecified atom stereocenters. The van der Waals surface area contributed by atoms with Crippen LogP contribution < -0.4 is 24.3 Å². The second-order valence-electron chi connectivity index (χ2n) is 6.84. The summed E-state index contributed by atoms with van der Waals surface area (Å²) in [6, 6.07) is 11.4. The molecule has 2 aromatic heterocycles. The van der Waals surface area contributed by atoms with Crippen molar-refractivity contribution in [3.8, 4) is 28.6 Å². The summed E-state index contributed by atoms with van der Waals surface area (Å²) in [7, 11) is 4.65. The number of aromatic nitrogens is 3. The highest BCUT2D eigenvalue weighted by atomic mass is 32.1. The molecule has 33 heavy (non-hydrogen) atoms. The number of hydrogen-bond acceptors (Lipinski definition) is 8. The van der Waals surface area contributed by atoms with Gasteiger partial charge in [0.25, 0.3) is 11.5 Å². The fraction of sp³-hybridized carbons (Fsp3) is 0.217. The lowest BCUT2D eigenvalue weighted by molar-refractivity contribution is -0.134. The Labute approximate surface area is 193 Å². The van der Waals surface area contributed by atoms with E-state index in [-0.39, 0.29) is 5.56 Å². The number of fused-ring (bicyclic) bond motifs is 1. The minimum atomic E-state index is -0.833. The van der Waals surface area contributed by atoms with Crippen molar-refractivity contribution in [1.82, 2.24) is 14.6 Å². The van der Waals surface area contributed by atoms with Gasteiger partial charge in [-0.25, -0.2) is 0 Å². The van der Waals surface area contributed by atoms with Crippen molar-refractivity contribution in [2.24, 2.45) is 0 Å². The molecule has 0 saturated carbocycles. The molecule has 0 aliphatic rings. The number of rotatable bonds is 5. The molecule has 0 spiro atoms. The molecule has 4 aromatic rings. The highest BCUT2D eigenvalue weighted by molar-refractivity contribution is 7.15. The van der Waals surface area contributed by atoms with Gasteiger partial charge in [-0.15, -0.1) is 5.10 Å². The first kappa shape index (κ1) is 23.7. The van der Waals surface area contributed by atoms with Crippen LogP contribution in [0.5, 0.6) is 17.2 Å². The molecular weight excluding hydrogens is 446 g/mol. The van der Waals surface area contributed by atoms with Gasteiger partial charge in [0.2, 0.25) is 10.7 Å². The Morgan fingerprint density at radius 1 is 1.09 bits per heavy atom. The molecule has 0 atom stereocenters. The fourth-order valence-electron chi connectivity index (χ4n) is 3.11. The Morgan fingerprint density at radius 2 is 1.70 bits per heavy atom. The third-order valence-corrected chi connectivity index (χ3v) is 5.51. The zero-order chi connectivity index (χ0) is 24.1. The number of carboxylic acid groups (broad SMARTS) is 1. The predicted molar refractivity (Wildman–Crippen MR) is 125 cm³/mol. The lowest BCUT2D eigenvalue weighted by Gasteiger charge is -2.12. The van der Waals surface area contributed by atoms with Crippen LogP contribution in [-0.4, -0.2) is 47.0 Å². The smallest absolute Gasteiger partial charge is 0.300 e. The Bertz CT molecular complexity index is 1380. The number of aliphatic carboxylic acids is 1. The summed E-state index contributed by atoms with van der Waals surface area (Å²) in [6.07, 6.45) is 1.77. The van der Waals surface area contributed by atoms with Gasteiger partial charge < -0.3 is 19.3 Å². The number of aryl methyl sites for hydroxylation is 1. The van der Waals surface area contributed by atoms with Crippen molar-refractivity contribution in [3.63, 3.8) is 0 Å². The maximum atomic E-state index is 12.8. The number of ether oxygens (including phenoxy) is 3. The van der Waals surface area contributed by atoms with Gasteiger partial charge in [0.05, 0.1) is 25.9 Å². The predicted octanol–water partition coefficient (Wildman–Crippen LogP) is 2.79. The fourth-order valence-corrected chi connectivity index (χ4v) is 4.02. The summed E-state index contributed by atoms with van der Waals surface area (Å²) >= 11 is 1.29. The van der Waals surface area contributed by atoms with Gasteiger partial charge in [-0.2, -0.15) is 9.50 Å². The van der Waals surface area contributed by atoms with E-state index in [0.29, 0.717) is 32.6 Å². The third kappa shape index (κ3) is 5.12. The first-order valence-electron chi connectivity index (χ1n) is 9.75. The van der Waals surface area contributed by atoms with E-state index >= 15 is 0 Å². The lowest BCUT2D eigenvalue weighted by Crippen LogP contribution is -2.23. The normalized spacial score (nSPS) is 11.1. The second kappa shape index (κ2) is 10.1. The van der Waals surface area contributed by atoms with Crippen molar-refractivity contribution in [2.45, 2.75) is 13.8 Å². The van der Waals surface area contributed by atoms with Crippen LogP contribution in [0.2, 0.25) is 0 Å². The molecule has 0 aliphatic carbocycles. The van der Waals surface area contributed by atoms with Gasteiger partial charge in [0, 0.05) is 12.5 Å². The molecule has 0 bridgehead atoms. The maximum absolute atomic E-state index is 12.8. The zero-order valence-corrected chi connectivity index (χ0v) is 19.6. The average molecular weight is 470 g/mol. The van der Waals surface area contributed by atoms with Gasteiger partial charge in [-0.3, -0.25) is 9.59 Å². The molecule has 9 nitrogen and oxygen atoms in total. The van der Waals surface area contributed by atoms with Crippen LogP contribution in [-0.2, 0) is 4.79 Å². The van der Waals surface area contributed by atoms with E-state index < -0.39 is 5.97 Å². The van der Waals surface area contributed by atoms with Crippen molar-refractivity contribution < 1.29 is 24.1 Å². The Morgan fingerprint density at radius 3 is 2.21 bits per heavy atom. The lowest BCUT2D eigenvalue weighted by atomic mass is 10.1. The van der Waals surface area contributed by atoms with Gasteiger partial charge >= 0.3 is 0 Å². The standard InChI is InChI=1S/C21H19N3O4S.C2H4O2/c1-12-7-5-6-8-14(12)19-22-21-24(23-19)20(25)17(29-21)11-13-9-15(26-2)18(28-4)16(10-13)27-3;1-2(3)4/h5-11H,1-4H3;1H3,(H,3,4)/b17-11-;. The van der Waals surface area contributed by atoms with E-state index in [1.165, 1.54) is 15.9 Å². The van der Waals surface area contributed by atoms with Crippen LogP contribution in [0, 0.1) is 6.92 Å². The van der Waals surface area contributed by atoms with E-state index in [1.807, 2.05) is 31.2 Å². The number of thiazole rings is 1. The van der Waals surface area contributed by atoms with Crippen molar-refractivity contribution in [1.29, 1.82) is 0 Å². The first-order chi connectivity index (χ1) is 15.8. The van der Waals surface area contributed by atoms with Crippen LogP contribution in [0.3, 0.4) is 0 Å². The van der Waals surface area contributed by atoms with Crippen LogP contribution >= 0.6 is 11.3 Å². The highest BCUT2D eigenvalue weighted by Gasteiger charge is 2.15. The molecule has 4 rings (SSSR count). The minimum Gasteiger partial charge on any atom is -0.493 e. The van der Waals surface area contributed by atoms with E-state index in [1.54, 1.807) is 39.5 Å². The second-order valence-corrected chi connectivity index (χ2v) is 7.85. The quantitative estimate of drug-likeness (QED) is 0.475. The molecule has 2 aromatic carbocycles. The monoisotopic (exact) mass is 469 g/mol. The molecule has 0 fully saturated rings. The van der Waals surface area contributed by atoms with Crippen molar-refractivity contribution >= 4 is 28.3 Å². The molecular formula is C23H23N3O6S. The molecule has 0 amide bonds. The van der Waals surface area contributed by atoms with Gasteiger partial charge in [-0.05, 0) is 36.3 Å². The molecule has 0 radical (unpaired) electrons. The molecule has 0 saturated heterocycles. The summed E-state index contributed by atoms with van der Waals surface area (Å²) in [5.41, 5.74) is 2.51. The van der Waals surface area contributed by atoms with Crippen LogP contribution in [0.15, 0.2) is 41.2 Å². The Balaban J connectivity index is 0.000000709. The Hall–Kier alpha value is -3.92. The van der Waals surface area contributed by atoms with E-state index in [9.17, 15) is 4.79 Å². The number of methoxy groups -OCH3 is 3. The van der Waals surface area contributed by atoms with E-state index in [4.69, 9.17) is 24.1 Å². The highest BCUT2D eigenvalue weighted by Crippen LogP contribution is 2.38.